The first-order valence-corrected chi connectivity index (χ1v) is 8.41. The minimum absolute atomic E-state index is 0.139. The highest BCUT2D eigenvalue weighted by Crippen LogP contribution is 2.30. The molecule has 0 saturated heterocycles. The second-order valence-electron chi connectivity index (χ2n) is 6.10. The third-order valence-electron chi connectivity index (χ3n) is 4.46. The Morgan fingerprint density at radius 2 is 1.85 bits per heavy atom. The molecule has 27 heavy (non-hydrogen) atoms. The van der Waals surface area contributed by atoms with Gasteiger partial charge < -0.3 is 4.98 Å². The Bertz CT molecular complexity index is 1280. The topological polar surface area (TPSA) is 91.7 Å². The van der Waals surface area contributed by atoms with Crippen molar-refractivity contribution in [1.82, 2.24) is 29.5 Å². The standard InChI is InChI=1S/C20H14N6O/c27-19-7-5-13(9-23-19)20-15(10-24-25-20)14-4-6-18-22-11-17(26(18)12-14)16-3-1-2-8-21-16/h1-12H,(H,23,27)(H,24,25). The van der Waals surface area contributed by atoms with Crippen molar-refractivity contribution in [1.29, 1.82) is 0 Å². The maximum atomic E-state index is 11.3. The van der Waals surface area contributed by atoms with Crippen LogP contribution in [0, 0.1) is 0 Å². The molecule has 0 aliphatic heterocycles. The quantitative estimate of drug-likeness (QED) is 0.521. The fourth-order valence-electron chi connectivity index (χ4n) is 3.13. The van der Waals surface area contributed by atoms with Crippen molar-refractivity contribution in [2.24, 2.45) is 0 Å². The van der Waals surface area contributed by atoms with E-state index in [1.807, 2.05) is 47.1 Å². The molecule has 5 heterocycles. The number of aromatic nitrogens is 6. The average molecular weight is 354 g/mol. The Labute approximate surface area is 153 Å². The molecule has 7 nitrogen and oxygen atoms in total. The number of nitrogens with zero attached hydrogens (tertiary/aromatic N) is 4. The van der Waals surface area contributed by atoms with Crippen molar-refractivity contribution in [3.63, 3.8) is 0 Å². The molecule has 5 rings (SSSR count). The van der Waals surface area contributed by atoms with E-state index in [1.165, 1.54) is 6.07 Å². The Balaban J connectivity index is 1.66. The van der Waals surface area contributed by atoms with Crippen LogP contribution in [0.4, 0.5) is 0 Å². The van der Waals surface area contributed by atoms with E-state index < -0.39 is 0 Å². The SMILES string of the molecule is O=c1ccc(-c2[nH]ncc2-c2ccc3ncc(-c4ccccn4)n3c2)c[nH]1. The van der Waals surface area contributed by atoms with Gasteiger partial charge in [-0.25, -0.2) is 4.98 Å². The van der Waals surface area contributed by atoms with E-state index in [-0.39, 0.29) is 5.56 Å². The zero-order chi connectivity index (χ0) is 18.2. The Hall–Kier alpha value is -4.00. The van der Waals surface area contributed by atoms with Crippen LogP contribution in [0.1, 0.15) is 0 Å². The van der Waals surface area contributed by atoms with Gasteiger partial charge in [0, 0.05) is 41.3 Å². The Morgan fingerprint density at radius 1 is 0.926 bits per heavy atom. The number of rotatable bonds is 3. The number of imidazole rings is 1. The van der Waals surface area contributed by atoms with Crippen LogP contribution >= 0.6 is 0 Å². The van der Waals surface area contributed by atoms with Gasteiger partial charge >= 0.3 is 0 Å². The Morgan fingerprint density at radius 3 is 2.67 bits per heavy atom. The Kier molecular flexibility index (Phi) is 3.43. The van der Waals surface area contributed by atoms with Crippen LogP contribution in [0.25, 0.3) is 39.4 Å². The average Bonchev–Trinajstić information content (AvgIpc) is 3.36. The van der Waals surface area contributed by atoms with E-state index in [2.05, 4.69) is 25.1 Å². The summed E-state index contributed by atoms with van der Waals surface area (Å²) < 4.78 is 2.02. The number of hydrogen-bond acceptors (Lipinski definition) is 4. The van der Waals surface area contributed by atoms with E-state index in [0.717, 1.165) is 39.4 Å². The molecule has 2 N–H and O–H groups in total. The van der Waals surface area contributed by atoms with Gasteiger partial charge in [-0.05, 0) is 30.3 Å². The van der Waals surface area contributed by atoms with E-state index in [1.54, 1.807) is 24.7 Å². The van der Waals surface area contributed by atoms with Crippen molar-refractivity contribution in [3.05, 3.63) is 83.8 Å². The van der Waals surface area contributed by atoms with Gasteiger partial charge in [0.15, 0.2) is 0 Å². The summed E-state index contributed by atoms with van der Waals surface area (Å²) in [5.74, 6) is 0. The first kappa shape index (κ1) is 15.3. The largest absolute Gasteiger partial charge is 0.328 e. The van der Waals surface area contributed by atoms with Crippen LogP contribution in [0.5, 0.6) is 0 Å². The third kappa shape index (κ3) is 2.62. The zero-order valence-corrected chi connectivity index (χ0v) is 14.1. The van der Waals surface area contributed by atoms with Crippen molar-refractivity contribution < 1.29 is 0 Å². The molecular formula is C20H14N6O. The minimum atomic E-state index is -0.139. The first-order valence-electron chi connectivity index (χ1n) is 8.41. The van der Waals surface area contributed by atoms with Crippen LogP contribution in [0.2, 0.25) is 0 Å². The minimum Gasteiger partial charge on any atom is -0.328 e. The summed E-state index contributed by atoms with van der Waals surface area (Å²) in [6.45, 7) is 0. The molecule has 0 bridgehead atoms. The van der Waals surface area contributed by atoms with Crippen LogP contribution < -0.4 is 5.56 Å². The molecule has 0 saturated carbocycles. The van der Waals surface area contributed by atoms with Crippen LogP contribution in [0.15, 0.2) is 78.2 Å². The van der Waals surface area contributed by atoms with Gasteiger partial charge in [0.1, 0.15) is 5.65 Å². The second kappa shape index (κ2) is 6.06. The van der Waals surface area contributed by atoms with Gasteiger partial charge in [0.2, 0.25) is 5.56 Å². The fourth-order valence-corrected chi connectivity index (χ4v) is 3.13. The van der Waals surface area contributed by atoms with E-state index in [9.17, 15) is 4.79 Å². The predicted octanol–water partition coefficient (Wildman–Crippen LogP) is 3.14. The lowest BCUT2D eigenvalue weighted by atomic mass is 10.0. The van der Waals surface area contributed by atoms with Gasteiger partial charge in [0.05, 0.1) is 29.5 Å². The summed E-state index contributed by atoms with van der Waals surface area (Å²) in [5.41, 5.74) is 6.09. The molecule has 0 aliphatic carbocycles. The molecule has 5 aromatic rings. The molecule has 7 heteroatoms. The number of pyridine rings is 3. The molecule has 0 radical (unpaired) electrons. The molecule has 5 aromatic heterocycles. The molecule has 0 unspecified atom stereocenters. The zero-order valence-electron chi connectivity index (χ0n) is 14.1. The molecule has 130 valence electrons. The van der Waals surface area contributed by atoms with Crippen molar-refractivity contribution >= 4 is 5.65 Å². The maximum absolute atomic E-state index is 11.3. The highest BCUT2D eigenvalue weighted by molar-refractivity contribution is 5.80. The summed E-state index contributed by atoms with van der Waals surface area (Å²) >= 11 is 0. The molecule has 0 spiro atoms. The van der Waals surface area contributed by atoms with Crippen LogP contribution in [-0.4, -0.2) is 29.5 Å². The van der Waals surface area contributed by atoms with E-state index in [4.69, 9.17) is 0 Å². The normalized spacial score (nSPS) is 11.1. The summed E-state index contributed by atoms with van der Waals surface area (Å²) in [6, 6.07) is 13.0. The number of aromatic amines is 2. The van der Waals surface area contributed by atoms with Crippen molar-refractivity contribution in [2.45, 2.75) is 0 Å². The third-order valence-corrected chi connectivity index (χ3v) is 4.46. The maximum Gasteiger partial charge on any atom is 0.247 e. The highest BCUT2D eigenvalue weighted by Gasteiger charge is 2.13. The fraction of sp³-hybridized carbons (Fsp3) is 0. The molecule has 0 aromatic carbocycles. The predicted molar refractivity (Wildman–Crippen MR) is 102 cm³/mol. The number of nitrogens with one attached hydrogen (secondary N) is 2. The van der Waals surface area contributed by atoms with Gasteiger partial charge in [0.25, 0.3) is 0 Å². The summed E-state index contributed by atoms with van der Waals surface area (Å²) in [4.78, 5) is 22.9. The van der Waals surface area contributed by atoms with Crippen molar-refractivity contribution in [2.75, 3.05) is 0 Å². The van der Waals surface area contributed by atoms with E-state index >= 15 is 0 Å². The summed E-state index contributed by atoms with van der Waals surface area (Å²) in [7, 11) is 0. The molecular weight excluding hydrogens is 340 g/mol. The number of H-pyrrole nitrogens is 2. The molecule has 0 fully saturated rings. The van der Waals surface area contributed by atoms with E-state index in [0.29, 0.717) is 0 Å². The van der Waals surface area contributed by atoms with Crippen LogP contribution in [0.3, 0.4) is 0 Å². The monoisotopic (exact) mass is 354 g/mol. The first-order chi connectivity index (χ1) is 13.3. The molecule has 0 amide bonds. The lowest BCUT2D eigenvalue weighted by Gasteiger charge is -2.06. The number of hydrogen-bond donors (Lipinski definition) is 2. The number of fused-ring (bicyclic) bond motifs is 1. The molecule has 0 atom stereocenters. The molecule has 0 aliphatic rings. The smallest absolute Gasteiger partial charge is 0.247 e. The summed E-state index contributed by atoms with van der Waals surface area (Å²) in [6.07, 6.45) is 9.06. The van der Waals surface area contributed by atoms with Gasteiger partial charge in [-0.3, -0.25) is 19.3 Å². The second-order valence-corrected chi connectivity index (χ2v) is 6.10. The lowest BCUT2D eigenvalue weighted by molar-refractivity contribution is 1.09. The summed E-state index contributed by atoms with van der Waals surface area (Å²) in [5, 5.41) is 7.21. The lowest BCUT2D eigenvalue weighted by Crippen LogP contribution is -2.01. The van der Waals surface area contributed by atoms with Gasteiger partial charge in [-0.15, -0.1) is 0 Å². The van der Waals surface area contributed by atoms with Gasteiger partial charge in [-0.2, -0.15) is 5.10 Å². The van der Waals surface area contributed by atoms with Gasteiger partial charge in [-0.1, -0.05) is 6.07 Å². The highest BCUT2D eigenvalue weighted by atomic mass is 16.1. The van der Waals surface area contributed by atoms with Crippen molar-refractivity contribution in [3.8, 4) is 33.8 Å². The van der Waals surface area contributed by atoms with Crippen LogP contribution in [-0.2, 0) is 0 Å².